The molecule has 27 heavy (non-hydrogen) atoms. The van der Waals surface area contributed by atoms with E-state index in [9.17, 15) is 18.0 Å². The third-order valence-electron chi connectivity index (χ3n) is 4.79. The Morgan fingerprint density at radius 1 is 1.19 bits per heavy atom. The fraction of sp³-hybridized carbons (Fsp3) is 0.389. The van der Waals surface area contributed by atoms with E-state index in [1.807, 2.05) is 0 Å². The lowest BCUT2D eigenvalue weighted by atomic mass is 10.0. The van der Waals surface area contributed by atoms with Crippen LogP contribution in [0.1, 0.15) is 41.7 Å². The van der Waals surface area contributed by atoms with Crippen LogP contribution in [0.3, 0.4) is 0 Å². The summed E-state index contributed by atoms with van der Waals surface area (Å²) in [7, 11) is -3.64. The Kier molecular flexibility index (Phi) is 4.15. The van der Waals surface area contributed by atoms with Gasteiger partial charge in [-0.3, -0.25) is 9.59 Å². The number of rotatable bonds is 4. The standard InChI is InChI=1S/C18H20N4O4S/c1-10-3-4-12(9-14(10)27(25,26)21-13-5-6-13)17-11(2)20-22-16(24)8-7-15(23)19-18(17)22/h3-4,9,13,21H,5-8H2,1-2H3,(H,19,23). The lowest BCUT2D eigenvalue weighted by molar-refractivity contribution is -0.116. The fourth-order valence-electron chi connectivity index (χ4n) is 3.22. The molecule has 1 aliphatic heterocycles. The van der Waals surface area contributed by atoms with Crippen molar-refractivity contribution in [1.29, 1.82) is 0 Å². The number of carbonyl (C=O) groups is 2. The maximum atomic E-state index is 12.7. The summed E-state index contributed by atoms with van der Waals surface area (Å²) in [6.07, 6.45) is 1.88. The van der Waals surface area contributed by atoms with Crippen molar-refractivity contribution in [1.82, 2.24) is 14.5 Å². The van der Waals surface area contributed by atoms with Crippen molar-refractivity contribution < 1.29 is 18.0 Å². The highest BCUT2D eigenvalue weighted by atomic mass is 32.2. The minimum Gasteiger partial charge on any atom is -0.310 e. The molecule has 0 radical (unpaired) electrons. The van der Waals surface area contributed by atoms with Crippen LogP contribution in [0.2, 0.25) is 0 Å². The molecule has 2 N–H and O–H groups in total. The number of anilines is 1. The van der Waals surface area contributed by atoms with Crippen LogP contribution < -0.4 is 10.0 Å². The Hall–Kier alpha value is -2.52. The molecule has 9 heteroatoms. The molecule has 1 aliphatic carbocycles. The van der Waals surface area contributed by atoms with E-state index in [0.29, 0.717) is 28.2 Å². The van der Waals surface area contributed by atoms with E-state index in [2.05, 4.69) is 15.1 Å². The minimum atomic E-state index is -3.64. The van der Waals surface area contributed by atoms with Gasteiger partial charge in [-0.2, -0.15) is 9.78 Å². The van der Waals surface area contributed by atoms with Gasteiger partial charge in [0.25, 0.3) is 0 Å². The Morgan fingerprint density at radius 3 is 2.63 bits per heavy atom. The van der Waals surface area contributed by atoms with Crippen molar-refractivity contribution in [2.45, 2.75) is 50.5 Å². The van der Waals surface area contributed by atoms with Gasteiger partial charge >= 0.3 is 0 Å². The van der Waals surface area contributed by atoms with Crippen molar-refractivity contribution in [3.63, 3.8) is 0 Å². The van der Waals surface area contributed by atoms with Gasteiger partial charge in [0, 0.05) is 24.4 Å². The first-order valence-electron chi connectivity index (χ1n) is 8.82. The summed E-state index contributed by atoms with van der Waals surface area (Å²) in [4.78, 5) is 24.4. The first-order chi connectivity index (χ1) is 12.8. The Balaban J connectivity index is 1.84. The summed E-state index contributed by atoms with van der Waals surface area (Å²) >= 11 is 0. The van der Waals surface area contributed by atoms with Gasteiger partial charge in [0.05, 0.1) is 10.6 Å². The van der Waals surface area contributed by atoms with E-state index in [-0.39, 0.29) is 35.6 Å². The highest BCUT2D eigenvalue weighted by molar-refractivity contribution is 7.89. The highest BCUT2D eigenvalue weighted by Crippen LogP contribution is 2.35. The number of fused-ring (bicyclic) bond motifs is 1. The molecular formula is C18H20N4O4S. The number of hydrogen-bond acceptors (Lipinski definition) is 5. The molecule has 8 nitrogen and oxygen atoms in total. The summed E-state index contributed by atoms with van der Waals surface area (Å²) in [6.45, 7) is 3.47. The van der Waals surface area contributed by atoms with Crippen LogP contribution in [-0.2, 0) is 14.8 Å². The van der Waals surface area contributed by atoms with E-state index >= 15 is 0 Å². The molecule has 0 atom stereocenters. The molecule has 1 amide bonds. The van der Waals surface area contributed by atoms with Crippen LogP contribution in [0.5, 0.6) is 0 Å². The van der Waals surface area contributed by atoms with Crippen LogP contribution in [-0.4, -0.2) is 36.1 Å². The van der Waals surface area contributed by atoms with Crippen molar-refractivity contribution in [3.05, 3.63) is 29.5 Å². The second-order valence-electron chi connectivity index (χ2n) is 7.04. The van der Waals surface area contributed by atoms with Crippen LogP contribution in [0.4, 0.5) is 5.82 Å². The van der Waals surface area contributed by atoms with Crippen LogP contribution >= 0.6 is 0 Å². The molecule has 0 unspecified atom stereocenters. The second kappa shape index (κ2) is 6.28. The maximum Gasteiger partial charge on any atom is 0.249 e. The molecule has 1 saturated carbocycles. The van der Waals surface area contributed by atoms with E-state index < -0.39 is 10.0 Å². The summed E-state index contributed by atoms with van der Waals surface area (Å²) in [6, 6.07) is 5.08. The van der Waals surface area contributed by atoms with Crippen molar-refractivity contribution >= 4 is 27.7 Å². The monoisotopic (exact) mass is 388 g/mol. The van der Waals surface area contributed by atoms with Crippen molar-refractivity contribution in [2.24, 2.45) is 0 Å². The van der Waals surface area contributed by atoms with Gasteiger partial charge in [-0.1, -0.05) is 12.1 Å². The topological polar surface area (TPSA) is 110 Å². The van der Waals surface area contributed by atoms with E-state index in [4.69, 9.17) is 0 Å². The molecule has 2 heterocycles. The van der Waals surface area contributed by atoms with Gasteiger partial charge in [-0.15, -0.1) is 0 Å². The average molecular weight is 388 g/mol. The van der Waals surface area contributed by atoms with Gasteiger partial charge in [-0.05, 0) is 43.9 Å². The Labute approximate surface area is 157 Å². The van der Waals surface area contributed by atoms with Crippen LogP contribution in [0, 0.1) is 13.8 Å². The first kappa shape index (κ1) is 17.9. The third-order valence-corrected chi connectivity index (χ3v) is 6.45. The van der Waals surface area contributed by atoms with Crippen molar-refractivity contribution in [2.75, 3.05) is 5.32 Å². The number of aromatic nitrogens is 2. The predicted octanol–water partition coefficient (Wildman–Crippen LogP) is 1.98. The number of nitrogens with one attached hydrogen (secondary N) is 2. The minimum absolute atomic E-state index is 0.00382. The molecule has 1 aromatic carbocycles. The van der Waals surface area contributed by atoms with Crippen LogP contribution in [0.15, 0.2) is 23.1 Å². The molecule has 4 rings (SSSR count). The van der Waals surface area contributed by atoms with Gasteiger partial charge < -0.3 is 5.32 Å². The fourth-order valence-corrected chi connectivity index (χ4v) is 4.79. The molecule has 2 aliphatic rings. The Bertz CT molecular complexity index is 1070. The summed E-state index contributed by atoms with van der Waals surface area (Å²) in [5, 5.41) is 6.99. The van der Waals surface area contributed by atoms with Gasteiger partial charge in [0.2, 0.25) is 21.8 Å². The largest absolute Gasteiger partial charge is 0.310 e. The smallest absolute Gasteiger partial charge is 0.249 e. The number of aryl methyl sites for hydroxylation is 2. The summed E-state index contributed by atoms with van der Waals surface area (Å²) in [5.41, 5.74) is 2.32. The average Bonchev–Trinajstić information content (AvgIpc) is 3.36. The number of carbonyl (C=O) groups excluding carboxylic acids is 2. The molecule has 0 spiro atoms. The second-order valence-corrected chi connectivity index (χ2v) is 8.72. The number of sulfonamides is 1. The first-order valence-corrected chi connectivity index (χ1v) is 10.3. The molecular weight excluding hydrogens is 368 g/mol. The predicted molar refractivity (Wildman–Crippen MR) is 99.0 cm³/mol. The molecule has 0 saturated heterocycles. The van der Waals surface area contributed by atoms with Gasteiger partial charge in [0.1, 0.15) is 5.82 Å². The quantitative estimate of drug-likeness (QED) is 0.832. The SMILES string of the molecule is Cc1ccc(-c2c(C)nn3c2NC(=O)CCC3=O)cc1S(=O)(=O)NC1CC1. The number of nitrogens with zero attached hydrogens (tertiary/aromatic N) is 2. The number of benzene rings is 1. The van der Waals surface area contributed by atoms with Crippen LogP contribution in [0.25, 0.3) is 11.1 Å². The molecule has 1 aromatic heterocycles. The lowest BCUT2D eigenvalue weighted by Gasteiger charge is -2.12. The normalized spacial score (nSPS) is 17.4. The zero-order chi connectivity index (χ0) is 19.3. The van der Waals surface area contributed by atoms with Gasteiger partial charge in [-0.25, -0.2) is 13.1 Å². The lowest BCUT2D eigenvalue weighted by Crippen LogP contribution is -2.26. The molecule has 1 fully saturated rings. The highest BCUT2D eigenvalue weighted by Gasteiger charge is 2.30. The number of amides is 1. The zero-order valence-electron chi connectivity index (χ0n) is 15.1. The van der Waals surface area contributed by atoms with E-state index in [1.54, 1.807) is 32.0 Å². The van der Waals surface area contributed by atoms with Crippen molar-refractivity contribution in [3.8, 4) is 11.1 Å². The molecule has 142 valence electrons. The maximum absolute atomic E-state index is 12.7. The summed E-state index contributed by atoms with van der Waals surface area (Å²) < 4.78 is 29.3. The van der Waals surface area contributed by atoms with E-state index in [1.165, 1.54) is 4.68 Å². The number of hydrogen-bond donors (Lipinski definition) is 2. The molecule has 2 aromatic rings. The van der Waals surface area contributed by atoms with E-state index in [0.717, 1.165) is 12.8 Å². The zero-order valence-corrected chi connectivity index (χ0v) is 15.9. The Morgan fingerprint density at radius 2 is 1.93 bits per heavy atom. The third kappa shape index (κ3) is 3.28. The van der Waals surface area contributed by atoms with Gasteiger partial charge in [0.15, 0.2) is 0 Å². The molecule has 0 bridgehead atoms. The summed E-state index contributed by atoms with van der Waals surface area (Å²) in [5.74, 6) is -0.242.